The van der Waals surface area contributed by atoms with Crippen LogP contribution in [0.5, 0.6) is 0 Å². The summed E-state index contributed by atoms with van der Waals surface area (Å²) in [5.74, 6) is -0.854. The summed E-state index contributed by atoms with van der Waals surface area (Å²) in [6, 6.07) is 0. The minimum Gasteiger partial charge on any atom is -0.481 e. The Morgan fingerprint density at radius 2 is 1.21 bits per heavy atom. The molecule has 1 unspecified atom stereocenters. The molecule has 0 heterocycles. The summed E-state index contributed by atoms with van der Waals surface area (Å²) in [7, 11) is -4.57. The molecule has 0 saturated heterocycles. The normalized spacial score (nSPS) is 12.8. The second-order valence-corrected chi connectivity index (χ2v) is 10.0. The van der Waals surface area contributed by atoms with E-state index in [1.165, 1.54) is 77.0 Å². The van der Waals surface area contributed by atoms with Crippen molar-refractivity contribution in [2.45, 2.75) is 122 Å². The van der Waals surface area contributed by atoms with E-state index in [-0.39, 0.29) is 19.6 Å². The van der Waals surface area contributed by atoms with Crippen LogP contribution in [0.2, 0.25) is 0 Å². The lowest BCUT2D eigenvalue weighted by molar-refractivity contribution is -0.137. The summed E-state index contributed by atoms with van der Waals surface area (Å²) in [5, 5.41) is 8.64. The molecule has 0 spiro atoms. The Kier molecular flexibility index (Phi) is 22.9. The lowest BCUT2D eigenvalue weighted by Crippen LogP contribution is -2.26. The average molecular weight is 497 g/mol. The molecule has 0 rings (SSSR count). The van der Waals surface area contributed by atoms with Crippen molar-refractivity contribution in [3.05, 3.63) is 0 Å². The van der Waals surface area contributed by atoms with E-state index in [4.69, 9.17) is 24.4 Å². The van der Waals surface area contributed by atoms with Gasteiger partial charge in [0.2, 0.25) is 0 Å². The Bertz CT molecular complexity index is 483. The summed E-state index contributed by atoms with van der Waals surface area (Å²) in [6.07, 6.45) is 18.6. The first-order chi connectivity index (χ1) is 15.8. The molecule has 0 bridgehead atoms. The van der Waals surface area contributed by atoms with Crippen LogP contribution in [-0.4, -0.2) is 53.4 Å². The molecule has 0 aromatic rings. The van der Waals surface area contributed by atoms with Gasteiger partial charge in [0.25, 0.3) is 0 Å². The molecule has 0 amide bonds. The van der Waals surface area contributed by atoms with Gasteiger partial charge in [0.1, 0.15) is 6.10 Å². The maximum atomic E-state index is 10.9. The number of hydrogen-bond donors (Lipinski definition) is 3. The molecule has 0 aliphatic rings. The first-order valence-corrected chi connectivity index (χ1v) is 14.5. The van der Waals surface area contributed by atoms with Crippen LogP contribution in [0.15, 0.2) is 0 Å². The number of unbranched alkanes of at least 4 members (excludes halogenated alkanes) is 14. The van der Waals surface area contributed by atoms with E-state index < -0.39 is 19.9 Å². The fourth-order valence-electron chi connectivity index (χ4n) is 3.57. The first kappa shape index (κ1) is 32.5. The van der Waals surface area contributed by atoms with E-state index in [1.54, 1.807) is 0 Å². The molecule has 0 fully saturated rings. The second kappa shape index (κ2) is 23.3. The van der Waals surface area contributed by atoms with E-state index >= 15 is 0 Å². The van der Waals surface area contributed by atoms with Crippen LogP contribution >= 0.6 is 7.82 Å². The number of carboxylic acid groups (broad SMARTS) is 1. The summed E-state index contributed by atoms with van der Waals surface area (Å²) in [5.41, 5.74) is 0. The molecule has 8 nitrogen and oxygen atoms in total. The van der Waals surface area contributed by atoms with Crippen molar-refractivity contribution in [2.24, 2.45) is 0 Å². The number of phosphoric ester groups is 1. The lowest BCUT2D eigenvalue weighted by atomic mass is 10.0. The number of phosphoric acid groups is 1. The van der Waals surface area contributed by atoms with Gasteiger partial charge < -0.3 is 24.4 Å². The fourth-order valence-corrected chi connectivity index (χ4v) is 3.93. The SMILES string of the molecule is CCCCCCCCCCCCCCCCOCC(COP(=O)(O)O)OCCCCC(=O)O. The highest BCUT2D eigenvalue weighted by molar-refractivity contribution is 7.46. The number of rotatable bonds is 26. The van der Waals surface area contributed by atoms with Crippen LogP contribution in [0.3, 0.4) is 0 Å². The number of carboxylic acids is 1. The van der Waals surface area contributed by atoms with Gasteiger partial charge in [-0.15, -0.1) is 0 Å². The minimum absolute atomic E-state index is 0.0721. The molecule has 0 saturated carbocycles. The molecule has 0 radical (unpaired) electrons. The van der Waals surface area contributed by atoms with Gasteiger partial charge in [-0.1, -0.05) is 90.4 Å². The van der Waals surface area contributed by atoms with E-state index in [2.05, 4.69) is 11.4 Å². The van der Waals surface area contributed by atoms with Crippen molar-refractivity contribution >= 4 is 13.8 Å². The molecule has 0 aliphatic heterocycles. The number of aliphatic carboxylic acids is 1. The van der Waals surface area contributed by atoms with Crippen LogP contribution < -0.4 is 0 Å². The largest absolute Gasteiger partial charge is 0.481 e. The van der Waals surface area contributed by atoms with Gasteiger partial charge in [0, 0.05) is 19.6 Å². The summed E-state index contributed by atoms with van der Waals surface area (Å²) in [6.45, 7) is 3.06. The summed E-state index contributed by atoms with van der Waals surface area (Å²) in [4.78, 5) is 28.3. The summed E-state index contributed by atoms with van der Waals surface area (Å²) >= 11 is 0. The van der Waals surface area contributed by atoms with Gasteiger partial charge >= 0.3 is 13.8 Å². The van der Waals surface area contributed by atoms with E-state index in [9.17, 15) is 9.36 Å². The van der Waals surface area contributed by atoms with Crippen molar-refractivity contribution in [3.8, 4) is 0 Å². The molecule has 0 aromatic carbocycles. The van der Waals surface area contributed by atoms with E-state index in [0.29, 0.717) is 26.1 Å². The predicted molar refractivity (Wildman–Crippen MR) is 130 cm³/mol. The minimum atomic E-state index is -4.57. The summed E-state index contributed by atoms with van der Waals surface area (Å²) < 4.78 is 26.6. The van der Waals surface area contributed by atoms with E-state index in [0.717, 1.165) is 12.8 Å². The van der Waals surface area contributed by atoms with Crippen LogP contribution in [-0.2, 0) is 23.4 Å². The van der Waals surface area contributed by atoms with Gasteiger partial charge in [-0.25, -0.2) is 4.57 Å². The predicted octanol–water partition coefficient (Wildman–Crippen LogP) is 6.23. The highest BCUT2D eigenvalue weighted by Gasteiger charge is 2.19. The van der Waals surface area contributed by atoms with Crippen molar-refractivity contribution in [1.29, 1.82) is 0 Å². The molecular weight excluding hydrogens is 447 g/mol. The quantitative estimate of drug-likeness (QED) is 0.0951. The third-order valence-electron chi connectivity index (χ3n) is 5.51. The number of hydrogen-bond acceptors (Lipinski definition) is 5. The van der Waals surface area contributed by atoms with Gasteiger partial charge in [0.05, 0.1) is 13.2 Å². The fraction of sp³-hybridized carbons (Fsp3) is 0.958. The highest BCUT2D eigenvalue weighted by Crippen LogP contribution is 2.35. The van der Waals surface area contributed by atoms with Crippen LogP contribution in [0, 0.1) is 0 Å². The monoisotopic (exact) mass is 496 g/mol. The third-order valence-corrected chi connectivity index (χ3v) is 6.00. The van der Waals surface area contributed by atoms with E-state index in [1.807, 2.05) is 0 Å². The maximum Gasteiger partial charge on any atom is 0.469 e. The Morgan fingerprint density at radius 1 is 0.727 bits per heavy atom. The Balaban J connectivity index is 3.63. The Morgan fingerprint density at radius 3 is 1.70 bits per heavy atom. The standard InChI is InChI=1S/C24H49O8P/c1-2-3-4-5-6-7-8-9-10-11-12-13-14-16-19-30-21-23(22-32-33(27,28)29)31-20-17-15-18-24(25)26/h23H,2-22H2,1H3,(H,25,26)(H2,27,28,29). The number of ether oxygens (including phenoxy) is 2. The van der Waals surface area contributed by atoms with Crippen molar-refractivity contribution < 1.29 is 38.3 Å². The average Bonchev–Trinajstić information content (AvgIpc) is 2.75. The molecule has 0 aromatic heterocycles. The topological polar surface area (TPSA) is 123 Å². The molecule has 9 heteroatoms. The zero-order valence-corrected chi connectivity index (χ0v) is 21.7. The molecule has 33 heavy (non-hydrogen) atoms. The van der Waals surface area contributed by atoms with Gasteiger partial charge in [-0.05, 0) is 19.3 Å². The molecule has 3 N–H and O–H groups in total. The molecular formula is C24H49O8P. The van der Waals surface area contributed by atoms with Crippen LogP contribution in [0.25, 0.3) is 0 Å². The zero-order valence-electron chi connectivity index (χ0n) is 20.8. The maximum absolute atomic E-state index is 10.9. The second-order valence-electron chi connectivity index (χ2n) is 8.80. The highest BCUT2D eigenvalue weighted by atomic mass is 31.2. The van der Waals surface area contributed by atoms with Gasteiger partial charge in [0.15, 0.2) is 0 Å². The molecule has 0 aliphatic carbocycles. The zero-order chi connectivity index (χ0) is 24.6. The van der Waals surface area contributed by atoms with Crippen molar-refractivity contribution in [3.63, 3.8) is 0 Å². The Labute approximate surface area is 201 Å². The smallest absolute Gasteiger partial charge is 0.469 e. The van der Waals surface area contributed by atoms with Crippen LogP contribution in [0.4, 0.5) is 0 Å². The first-order valence-electron chi connectivity index (χ1n) is 13.0. The third kappa shape index (κ3) is 27.6. The van der Waals surface area contributed by atoms with Crippen molar-refractivity contribution in [2.75, 3.05) is 26.4 Å². The van der Waals surface area contributed by atoms with Gasteiger partial charge in [-0.3, -0.25) is 9.32 Å². The lowest BCUT2D eigenvalue weighted by Gasteiger charge is -2.18. The van der Waals surface area contributed by atoms with Crippen molar-refractivity contribution in [1.82, 2.24) is 0 Å². The molecule has 1 atom stereocenters. The number of carbonyl (C=O) groups is 1. The van der Waals surface area contributed by atoms with Crippen LogP contribution in [0.1, 0.15) is 116 Å². The molecule has 198 valence electrons. The Hall–Kier alpha value is -0.500. The van der Waals surface area contributed by atoms with Gasteiger partial charge in [-0.2, -0.15) is 0 Å².